The van der Waals surface area contributed by atoms with E-state index in [1.807, 2.05) is 119 Å². The quantitative estimate of drug-likeness (QED) is 0.0106. The standard InChI is InChI=1S/C25H26N4O9.C22H20Br3NO3.C22H23NO3.3C3H5.3HI.3Mo/c1-14-5-20(26(33)34)8-17(23(14)30)11-29(4,12-18-9-21(27(35)36)6-15(2)24(18)31)13-19-10-22(28(37)38)7-16(3)25(19)32;1-26(11-14-8-17(23)2-5-20(14)27,12-15-9-18(24)3-6-21(15)28)13-16-10-19(25)4-7-22(16)29;1-23(14-17-8-2-5-11-20(17)24,15-18-9-3-6-12-21(18)25)16-19-10-4-7-13-22(19)26;3*1-3-2;;;;;;/h5-10H,11-13H2,1-4H3,(H2-,30,31,32);2-10H,11-13H2,1H3,(H2-,27,28,29);2-13H,14-16H2,1H3,(H2-,24,25,26);3*3H2,1H3;3*1H;;;. The largest absolute Gasteiger partial charge is 1.00 e. The number of non-ortho nitro benzene ring substituents is 3. The molecule has 579 valence electrons. The van der Waals surface area contributed by atoms with Gasteiger partial charge in [0.05, 0.1) is 52.6 Å². The number of aromatic hydroxyl groups is 9. The van der Waals surface area contributed by atoms with Crippen LogP contribution in [0.4, 0.5) is 17.1 Å². The number of nitro benzene ring substituents is 3. The average Bonchev–Trinajstić information content (AvgIpc) is 0.793. The van der Waals surface area contributed by atoms with E-state index >= 15 is 0 Å². The zero-order valence-electron chi connectivity index (χ0n) is 60.7. The van der Waals surface area contributed by atoms with Gasteiger partial charge >= 0.3 is 110 Å². The van der Waals surface area contributed by atoms with Crippen molar-refractivity contribution in [2.75, 3.05) is 21.1 Å². The second-order valence-electron chi connectivity index (χ2n) is 25.6. The third-order valence-electron chi connectivity index (χ3n) is 16.2. The Hall–Kier alpha value is -5.71. The van der Waals surface area contributed by atoms with E-state index < -0.39 is 14.8 Å². The molecule has 0 radical (unpaired) electrons. The molecule has 0 amide bonds. The van der Waals surface area contributed by atoms with Gasteiger partial charge < -0.3 is 131 Å². The molecule has 0 saturated carbocycles. The number of nitrogens with zero attached hydrogens (tertiary/aromatic N) is 6. The van der Waals surface area contributed by atoms with E-state index in [0.29, 0.717) is 48.2 Å². The van der Waals surface area contributed by atoms with Gasteiger partial charge in [0.15, 0.2) is 0 Å². The first-order chi connectivity index (χ1) is 49.5. The van der Waals surface area contributed by atoms with Crippen molar-refractivity contribution in [1.82, 2.24) is 0 Å². The number of phenolic OH excluding ortho intramolecular Hbond substituents is 9. The maximum absolute atomic E-state index is 11.5. The Bertz CT molecular complexity index is 4210. The summed E-state index contributed by atoms with van der Waals surface area (Å²) in [5, 5.41) is 128. The predicted octanol–water partition coefficient (Wildman–Crippen LogP) is 9.11. The van der Waals surface area contributed by atoms with Crippen molar-refractivity contribution in [3.8, 4) is 64.4 Å². The first kappa shape index (κ1) is 100. The SMILES string of the molecule is CC[C]#[Mo].CC[C]#[Mo].CC[C]#[Mo].C[N+](Cc1cc(Br)ccc1O)(Cc1cc(Br)ccc1O)Cc1cc(Br)ccc1O.C[N+](Cc1ccccc1O)(Cc1ccccc1O)Cc1ccccc1O.Cc1cc([N+](=O)[O-])cc(C[N+](C)(Cc2cc([N+](=O)[O-])cc(C)c2O)Cc2cc([N+](=O)[O-])cc(C)c2O)c1O.[I-].[I-].[I-]. The number of quaternary nitrogens is 3. The molecule has 0 spiro atoms. The summed E-state index contributed by atoms with van der Waals surface area (Å²) in [6.45, 7) is 13.7. The molecule has 21 nitrogen and oxygen atoms in total. The van der Waals surface area contributed by atoms with Gasteiger partial charge in [-0.05, 0) is 128 Å². The molecule has 0 aliphatic heterocycles. The molecular weight excluding hydrogens is 2170 g/mol. The van der Waals surface area contributed by atoms with Gasteiger partial charge in [0, 0.05) is 83.2 Å². The van der Waals surface area contributed by atoms with Crippen LogP contribution in [0.25, 0.3) is 0 Å². The number of nitro groups is 3. The van der Waals surface area contributed by atoms with Crippen LogP contribution in [-0.2, 0) is 116 Å². The van der Waals surface area contributed by atoms with Gasteiger partial charge in [-0.3, -0.25) is 30.3 Å². The van der Waals surface area contributed by atoms with Crippen LogP contribution in [0.2, 0.25) is 0 Å². The monoisotopic (exact) mass is 2260 g/mol. The summed E-state index contributed by atoms with van der Waals surface area (Å²) in [6.07, 6.45) is 3.22. The van der Waals surface area contributed by atoms with Gasteiger partial charge in [0.1, 0.15) is 111 Å². The number of para-hydroxylation sites is 3. The molecule has 0 fully saturated rings. The summed E-state index contributed by atoms with van der Waals surface area (Å²) in [4.78, 5) is 32.6. The number of halogens is 6. The summed E-state index contributed by atoms with van der Waals surface area (Å²) in [5.74, 6) is 0.833. The maximum atomic E-state index is 11.5. The minimum atomic E-state index is -0.605. The zero-order valence-corrected chi connectivity index (χ0v) is 78.0. The first-order valence-corrected chi connectivity index (χ1v) is 38.1. The molecular formula is C78H87Br3I3Mo3N6O15. The zero-order chi connectivity index (χ0) is 78.5. The van der Waals surface area contributed by atoms with E-state index in [1.165, 1.54) is 57.2 Å². The number of hydrogen-bond donors (Lipinski definition) is 9. The summed E-state index contributed by atoms with van der Waals surface area (Å²) < 4.78 is 12.2. The molecule has 9 aromatic carbocycles. The fourth-order valence-corrected chi connectivity index (χ4v) is 12.6. The molecule has 0 aliphatic rings. The van der Waals surface area contributed by atoms with Gasteiger partial charge in [-0.1, -0.05) is 84.2 Å². The van der Waals surface area contributed by atoms with E-state index in [4.69, 9.17) is 0 Å². The Morgan fingerprint density at radius 3 is 0.704 bits per heavy atom. The molecule has 9 rings (SSSR count). The van der Waals surface area contributed by atoms with E-state index in [0.717, 1.165) is 66.1 Å². The number of aryl methyl sites for hydroxylation is 3. The average molecular weight is 2260 g/mol. The van der Waals surface area contributed by atoms with Crippen LogP contribution in [0, 0.1) is 63.7 Å². The molecule has 0 heterocycles. The van der Waals surface area contributed by atoms with Crippen molar-refractivity contribution in [3.05, 3.63) is 274 Å². The van der Waals surface area contributed by atoms with Gasteiger partial charge in [-0.15, -0.1) is 0 Å². The van der Waals surface area contributed by atoms with E-state index in [-0.39, 0.29) is 198 Å². The third kappa shape index (κ3) is 32.6. The van der Waals surface area contributed by atoms with Crippen LogP contribution in [0.15, 0.2) is 177 Å². The first-order valence-electron chi connectivity index (χ1n) is 32.7. The minimum absolute atomic E-state index is 0. The van der Waals surface area contributed by atoms with E-state index in [1.54, 1.807) is 79.8 Å². The fourth-order valence-electron chi connectivity index (χ4n) is 11.4. The van der Waals surface area contributed by atoms with Gasteiger partial charge in [-0.25, -0.2) is 0 Å². The van der Waals surface area contributed by atoms with Crippen molar-refractivity contribution in [2.24, 2.45) is 0 Å². The molecule has 30 heteroatoms. The molecule has 0 aliphatic carbocycles. The molecule has 108 heavy (non-hydrogen) atoms. The molecule has 0 aromatic heterocycles. The van der Waals surface area contributed by atoms with Gasteiger partial charge in [-0.2, -0.15) is 0 Å². The second kappa shape index (κ2) is 48.9. The van der Waals surface area contributed by atoms with Gasteiger partial charge in [0.25, 0.3) is 17.1 Å². The molecule has 0 atom stereocenters. The Labute approximate surface area is 739 Å². The van der Waals surface area contributed by atoms with Crippen LogP contribution in [0.3, 0.4) is 0 Å². The maximum Gasteiger partial charge on any atom is 0.270 e. The van der Waals surface area contributed by atoms with E-state index in [2.05, 4.69) is 88.2 Å². The summed E-state index contributed by atoms with van der Waals surface area (Å²) >= 11 is 16.0. The van der Waals surface area contributed by atoms with E-state index in [9.17, 15) is 76.3 Å². The number of rotatable bonds is 21. The van der Waals surface area contributed by atoms with Crippen LogP contribution in [-0.4, -0.2) is 95.3 Å². The molecule has 0 unspecified atom stereocenters. The number of benzene rings is 9. The predicted molar refractivity (Wildman–Crippen MR) is 405 cm³/mol. The second-order valence-corrected chi connectivity index (χ2v) is 30.4. The van der Waals surface area contributed by atoms with Crippen LogP contribution >= 0.6 is 47.8 Å². The Balaban J connectivity index is 0.000000752. The van der Waals surface area contributed by atoms with Crippen LogP contribution < -0.4 is 71.9 Å². The summed E-state index contributed by atoms with van der Waals surface area (Å²) in [5.41, 5.74) is 5.38. The normalized spacial score (nSPS) is 10.4. The van der Waals surface area contributed by atoms with Crippen molar-refractivity contribution in [1.29, 1.82) is 0 Å². The number of hydrogen-bond acceptors (Lipinski definition) is 15. The minimum Gasteiger partial charge on any atom is -1.00 e. The van der Waals surface area contributed by atoms with Crippen LogP contribution in [0.1, 0.15) is 107 Å². The van der Waals surface area contributed by atoms with Crippen LogP contribution in [0.5, 0.6) is 51.7 Å². The molecule has 0 bridgehead atoms. The molecule has 9 N–H and O–H groups in total. The number of phenols is 9. The molecule has 0 saturated heterocycles. The van der Waals surface area contributed by atoms with Gasteiger partial charge in [0.2, 0.25) is 0 Å². The molecule has 9 aromatic rings. The van der Waals surface area contributed by atoms with Crippen molar-refractivity contribution < 1.29 is 204 Å². The summed E-state index contributed by atoms with van der Waals surface area (Å²) in [6, 6.07) is 45.2. The Kier molecular flexibility index (Phi) is 45.5. The Morgan fingerprint density at radius 2 is 0.509 bits per heavy atom. The topological polar surface area (TPSA) is 311 Å². The smallest absolute Gasteiger partial charge is 0.270 e. The fraction of sp³-hybridized carbons (Fsp3) is 0.269. The third-order valence-corrected chi connectivity index (χ3v) is 19.8. The Morgan fingerprint density at radius 1 is 0.324 bits per heavy atom. The van der Waals surface area contributed by atoms with Crippen molar-refractivity contribution in [3.63, 3.8) is 0 Å². The van der Waals surface area contributed by atoms with Crippen molar-refractivity contribution in [2.45, 2.75) is 120 Å². The van der Waals surface area contributed by atoms with Crippen molar-refractivity contribution >= 4 is 64.9 Å². The summed E-state index contributed by atoms with van der Waals surface area (Å²) in [7, 11) is 5.75.